The number of hydrogen-bond acceptors (Lipinski definition) is 3. The van der Waals surface area contributed by atoms with Crippen LogP contribution in [0.25, 0.3) is 0 Å². The van der Waals surface area contributed by atoms with Gasteiger partial charge in [-0.1, -0.05) is 11.6 Å². The molecule has 0 saturated heterocycles. The molecule has 3 N–H and O–H groups in total. The lowest BCUT2D eigenvalue weighted by molar-refractivity contribution is -0.120. The van der Waals surface area contributed by atoms with Crippen LogP contribution in [0.3, 0.4) is 0 Å². The molecule has 1 aromatic rings. The molecule has 0 heterocycles. The summed E-state index contributed by atoms with van der Waals surface area (Å²) in [6.45, 7) is 0.241. The first-order valence-electron chi connectivity index (χ1n) is 6.10. The Labute approximate surface area is 126 Å². The van der Waals surface area contributed by atoms with Crippen LogP contribution in [0, 0.1) is 0 Å². The minimum atomic E-state index is -1.18. The SMILES string of the molecule is CNC(=O)CCN(C)C(=O)Nc1ccc(Cl)c(C(=O)O)c1. The van der Waals surface area contributed by atoms with Crippen molar-refractivity contribution in [2.24, 2.45) is 0 Å². The lowest BCUT2D eigenvalue weighted by Crippen LogP contribution is -2.34. The molecule has 0 aliphatic carbocycles. The zero-order valence-electron chi connectivity index (χ0n) is 11.6. The summed E-state index contributed by atoms with van der Waals surface area (Å²) in [4.78, 5) is 35.3. The third-order valence-corrected chi connectivity index (χ3v) is 3.08. The third kappa shape index (κ3) is 4.96. The van der Waals surface area contributed by atoms with E-state index in [1.165, 1.54) is 37.2 Å². The lowest BCUT2D eigenvalue weighted by Gasteiger charge is -2.17. The fourth-order valence-corrected chi connectivity index (χ4v) is 1.68. The Morgan fingerprint density at radius 3 is 2.57 bits per heavy atom. The van der Waals surface area contributed by atoms with E-state index in [0.717, 1.165) is 0 Å². The summed E-state index contributed by atoms with van der Waals surface area (Å²) < 4.78 is 0. The highest BCUT2D eigenvalue weighted by Gasteiger charge is 2.13. The molecular weight excluding hydrogens is 298 g/mol. The van der Waals surface area contributed by atoms with Crippen LogP contribution < -0.4 is 10.6 Å². The Morgan fingerprint density at radius 2 is 2.00 bits per heavy atom. The van der Waals surface area contributed by atoms with Gasteiger partial charge in [0.2, 0.25) is 5.91 Å². The van der Waals surface area contributed by atoms with E-state index in [1.54, 1.807) is 0 Å². The van der Waals surface area contributed by atoms with Gasteiger partial charge < -0.3 is 20.6 Å². The highest BCUT2D eigenvalue weighted by Crippen LogP contribution is 2.20. The second-order valence-corrected chi connectivity index (χ2v) is 4.68. The van der Waals surface area contributed by atoms with E-state index >= 15 is 0 Å². The second kappa shape index (κ2) is 7.49. The van der Waals surface area contributed by atoms with Gasteiger partial charge in [-0.05, 0) is 18.2 Å². The molecule has 0 aliphatic rings. The molecule has 21 heavy (non-hydrogen) atoms. The summed E-state index contributed by atoms with van der Waals surface area (Å²) in [5, 5.41) is 14.0. The Kier molecular flexibility index (Phi) is 5.98. The first kappa shape index (κ1) is 16.8. The molecule has 0 fully saturated rings. The monoisotopic (exact) mass is 313 g/mol. The Balaban J connectivity index is 2.68. The van der Waals surface area contributed by atoms with E-state index in [1.807, 2.05) is 0 Å². The first-order chi connectivity index (χ1) is 9.85. The van der Waals surface area contributed by atoms with Gasteiger partial charge in [-0.25, -0.2) is 9.59 Å². The summed E-state index contributed by atoms with van der Waals surface area (Å²) >= 11 is 5.74. The van der Waals surface area contributed by atoms with Crippen LogP contribution in [0.4, 0.5) is 10.5 Å². The number of carbonyl (C=O) groups is 3. The lowest BCUT2D eigenvalue weighted by atomic mass is 10.2. The number of urea groups is 1. The molecule has 114 valence electrons. The van der Waals surface area contributed by atoms with Gasteiger partial charge in [-0.3, -0.25) is 4.79 Å². The summed E-state index contributed by atoms with van der Waals surface area (Å²) in [7, 11) is 3.05. The maximum absolute atomic E-state index is 11.9. The molecule has 0 aliphatic heterocycles. The fourth-order valence-electron chi connectivity index (χ4n) is 1.48. The van der Waals surface area contributed by atoms with Crippen molar-refractivity contribution in [1.82, 2.24) is 10.2 Å². The van der Waals surface area contributed by atoms with E-state index in [9.17, 15) is 14.4 Å². The van der Waals surface area contributed by atoms with Crippen molar-refractivity contribution in [3.63, 3.8) is 0 Å². The molecule has 0 aromatic heterocycles. The molecule has 7 nitrogen and oxygen atoms in total. The first-order valence-corrected chi connectivity index (χ1v) is 6.48. The number of benzene rings is 1. The van der Waals surface area contributed by atoms with Crippen molar-refractivity contribution in [3.05, 3.63) is 28.8 Å². The molecule has 1 aromatic carbocycles. The second-order valence-electron chi connectivity index (χ2n) is 4.27. The number of rotatable bonds is 5. The largest absolute Gasteiger partial charge is 0.478 e. The van der Waals surface area contributed by atoms with Gasteiger partial charge in [-0.15, -0.1) is 0 Å². The number of amides is 3. The van der Waals surface area contributed by atoms with Crippen LogP contribution in [-0.4, -0.2) is 48.6 Å². The van der Waals surface area contributed by atoms with Crippen molar-refractivity contribution < 1.29 is 19.5 Å². The Hall–Kier alpha value is -2.28. The van der Waals surface area contributed by atoms with Gasteiger partial charge in [0.05, 0.1) is 10.6 Å². The number of carboxylic acid groups (broad SMARTS) is 1. The van der Waals surface area contributed by atoms with E-state index in [2.05, 4.69) is 10.6 Å². The minimum Gasteiger partial charge on any atom is -0.478 e. The number of anilines is 1. The third-order valence-electron chi connectivity index (χ3n) is 2.75. The minimum absolute atomic E-state index is 0.0912. The summed E-state index contributed by atoms with van der Waals surface area (Å²) in [5.74, 6) is -1.35. The number of nitrogens with zero attached hydrogens (tertiary/aromatic N) is 1. The van der Waals surface area contributed by atoms with Crippen LogP contribution in [0.15, 0.2) is 18.2 Å². The number of hydrogen-bond donors (Lipinski definition) is 3. The summed E-state index contributed by atoms with van der Waals surface area (Å²) in [6, 6.07) is 3.72. The standard InChI is InChI=1S/C13H16ClN3O4/c1-15-11(18)5-6-17(2)13(21)16-8-3-4-10(14)9(7-8)12(19)20/h3-4,7H,5-6H2,1-2H3,(H,15,18)(H,16,21)(H,19,20). The van der Waals surface area contributed by atoms with Crippen LogP contribution in [0.2, 0.25) is 5.02 Å². The number of halogens is 1. The highest BCUT2D eigenvalue weighted by molar-refractivity contribution is 6.33. The fraction of sp³-hybridized carbons (Fsp3) is 0.308. The van der Waals surface area contributed by atoms with E-state index in [-0.39, 0.29) is 29.5 Å². The normalized spacial score (nSPS) is 9.86. The van der Waals surface area contributed by atoms with Crippen molar-refractivity contribution >= 4 is 35.2 Å². The topological polar surface area (TPSA) is 98.7 Å². The molecular formula is C13H16ClN3O4. The smallest absolute Gasteiger partial charge is 0.337 e. The van der Waals surface area contributed by atoms with E-state index < -0.39 is 12.0 Å². The average Bonchev–Trinajstić information content (AvgIpc) is 2.45. The predicted octanol–water partition coefficient (Wildman–Crippen LogP) is 1.64. The molecule has 0 atom stereocenters. The highest BCUT2D eigenvalue weighted by atomic mass is 35.5. The van der Waals surface area contributed by atoms with Gasteiger partial charge in [-0.2, -0.15) is 0 Å². The molecule has 0 saturated carbocycles. The van der Waals surface area contributed by atoms with Crippen molar-refractivity contribution in [2.45, 2.75) is 6.42 Å². The molecule has 1 rings (SSSR count). The average molecular weight is 314 g/mol. The molecule has 0 radical (unpaired) electrons. The number of nitrogens with one attached hydrogen (secondary N) is 2. The Morgan fingerprint density at radius 1 is 1.33 bits per heavy atom. The summed E-state index contributed by atoms with van der Waals surface area (Å²) in [6.07, 6.45) is 0.182. The zero-order chi connectivity index (χ0) is 16.0. The number of carbonyl (C=O) groups excluding carboxylic acids is 2. The van der Waals surface area contributed by atoms with E-state index in [0.29, 0.717) is 5.69 Å². The zero-order valence-corrected chi connectivity index (χ0v) is 12.4. The van der Waals surface area contributed by atoms with Crippen LogP contribution in [-0.2, 0) is 4.79 Å². The number of aromatic carboxylic acids is 1. The van der Waals surface area contributed by atoms with Crippen LogP contribution >= 0.6 is 11.6 Å². The van der Waals surface area contributed by atoms with Crippen molar-refractivity contribution in [2.75, 3.05) is 26.0 Å². The molecule has 0 unspecified atom stereocenters. The molecule has 0 spiro atoms. The molecule has 8 heteroatoms. The summed E-state index contributed by atoms with van der Waals surface area (Å²) in [5.41, 5.74) is 0.219. The van der Waals surface area contributed by atoms with Gasteiger partial charge in [0.15, 0.2) is 0 Å². The van der Waals surface area contributed by atoms with Crippen LogP contribution in [0.5, 0.6) is 0 Å². The Bertz CT molecular complexity index is 562. The van der Waals surface area contributed by atoms with E-state index in [4.69, 9.17) is 16.7 Å². The van der Waals surface area contributed by atoms with Crippen molar-refractivity contribution in [1.29, 1.82) is 0 Å². The molecule has 0 bridgehead atoms. The van der Waals surface area contributed by atoms with Gasteiger partial charge in [0, 0.05) is 32.7 Å². The predicted molar refractivity (Wildman–Crippen MR) is 78.7 cm³/mol. The van der Waals surface area contributed by atoms with Gasteiger partial charge in [0.25, 0.3) is 0 Å². The maximum atomic E-state index is 11.9. The van der Waals surface area contributed by atoms with Gasteiger partial charge >= 0.3 is 12.0 Å². The quantitative estimate of drug-likeness (QED) is 0.769. The van der Waals surface area contributed by atoms with Gasteiger partial charge in [0.1, 0.15) is 0 Å². The van der Waals surface area contributed by atoms with Crippen LogP contribution in [0.1, 0.15) is 16.8 Å². The maximum Gasteiger partial charge on any atom is 0.337 e. The number of carboxylic acids is 1. The van der Waals surface area contributed by atoms with Crippen molar-refractivity contribution in [3.8, 4) is 0 Å². The molecule has 3 amide bonds.